The fourth-order valence-electron chi connectivity index (χ4n) is 2.97. The van der Waals surface area contributed by atoms with Gasteiger partial charge < -0.3 is 4.90 Å². The molecule has 0 N–H and O–H groups in total. The van der Waals surface area contributed by atoms with Crippen LogP contribution in [-0.2, 0) is 22.6 Å². The normalized spacial score (nSPS) is 23.0. The summed E-state index contributed by atoms with van der Waals surface area (Å²) < 4.78 is 0. The average Bonchev–Trinajstić information content (AvgIpc) is 2.84. The summed E-state index contributed by atoms with van der Waals surface area (Å²) >= 11 is 0. The van der Waals surface area contributed by atoms with Gasteiger partial charge in [-0.15, -0.1) is 0 Å². The van der Waals surface area contributed by atoms with Crippen LogP contribution in [0.4, 0.5) is 0 Å². The molecule has 0 spiro atoms. The monoisotopic (exact) mass is 243 g/mol. The van der Waals surface area contributed by atoms with Crippen LogP contribution in [0.15, 0.2) is 24.3 Å². The first-order valence-corrected chi connectivity index (χ1v) is 6.61. The first-order chi connectivity index (χ1) is 8.74. The number of ketones is 1. The molecule has 1 atom stereocenters. The Morgan fingerprint density at radius 2 is 1.94 bits per heavy atom. The summed E-state index contributed by atoms with van der Waals surface area (Å²) in [5.41, 5.74) is 2.60. The molecule has 0 saturated heterocycles. The number of Topliss-reactive ketones (excluding diaryl/α,β-unsaturated/α-hetero) is 1. The van der Waals surface area contributed by atoms with Crippen LogP contribution in [0.5, 0.6) is 0 Å². The summed E-state index contributed by atoms with van der Waals surface area (Å²) in [6.07, 6.45) is 2.72. The number of nitrogens with zero attached hydrogens (tertiary/aromatic N) is 1. The van der Waals surface area contributed by atoms with E-state index in [2.05, 4.69) is 12.1 Å². The fourth-order valence-corrected chi connectivity index (χ4v) is 2.97. The first-order valence-electron chi connectivity index (χ1n) is 6.61. The van der Waals surface area contributed by atoms with Crippen molar-refractivity contribution in [3.05, 3.63) is 35.4 Å². The Morgan fingerprint density at radius 1 is 1.17 bits per heavy atom. The Labute approximate surface area is 107 Å². The van der Waals surface area contributed by atoms with Gasteiger partial charge in [-0.1, -0.05) is 24.3 Å². The van der Waals surface area contributed by atoms with Crippen LogP contribution in [0, 0.1) is 5.92 Å². The van der Waals surface area contributed by atoms with Gasteiger partial charge in [-0.05, 0) is 24.0 Å². The number of hydrogen-bond acceptors (Lipinski definition) is 2. The lowest BCUT2D eigenvalue weighted by molar-refractivity contribution is -0.137. The van der Waals surface area contributed by atoms with Crippen LogP contribution in [0.3, 0.4) is 0 Å². The van der Waals surface area contributed by atoms with Gasteiger partial charge in [-0.3, -0.25) is 9.59 Å². The highest BCUT2D eigenvalue weighted by atomic mass is 16.2. The standard InChI is InChI=1S/C15H17NO2/c17-14-6-5-12(9-14)15(18)16-8-7-11-3-1-2-4-13(11)10-16/h1-4,12H,5-10H2. The van der Waals surface area contributed by atoms with Crippen molar-refractivity contribution in [1.29, 1.82) is 0 Å². The maximum absolute atomic E-state index is 12.3. The molecule has 1 aromatic carbocycles. The molecular formula is C15H17NO2. The summed E-state index contributed by atoms with van der Waals surface area (Å²) in [5.74, 6) is 0.365. The molecule has 1 fully saturated rings. The molecule has 3 heteroatoms. The highest BCUT2D eigenvalue weighted by Crippen LogP contribution is 2.27. The third-order valence-electron chi connectivity index (χ3n) is 4.04. The molecule has 1 saturated carbocycles. The third-order valence-corrected chi connectivity index (χ3v) is 4.04. The Morgan fingerprint density at radius 3 is 2.67 bits per heavy atom. The molecule has 1 aromatic rings. The van der Waals surface area contributed by atoms with Gasteiger partial charge in [0.1, 0.15) is 5.78 Å². The van der Waals surface area contributed by atoms with Gasteiger partial charge in [-0.25, -0.2) is 0 Å². The van der Waals surface area contributed by atoms with Gasteiger partial charge in [-0.2, -0.15) is 0 Å². The highest BCUT2D eigenvalue weighted by molar-refractivity contribution is 5.90. The van der Waals surface area contributed by atoms with Gasteiger partial charge in [0.25, 0.3) is 0 Å². The van der Waals surface area contributed by atoms with Crippen LogP contribution in [0.25, 0.3) is 0 Å². The second-order valence-electron chi connectivity index (χ2n) is 5.26. The quantitative estimate of drug-likeness (QED) is 0.756. The molecule has 18 heavy (non-hydrogen) atoms. The highest BCUT2D eigenvalue weighted by Gasteiger charge is 2.32. The second kappa shape index (κ2) is 4.56. The van der Waals surface area contributed by atoms with Crippen molar-refractivity contribution >= 4 is 11.7 Å². The zero-order chi connectivity index (χ0) is 12.5. The molecule has 1 amide bonds. The van der Waals surface area contributed by atoms with Crippen molar-refractivity contribution < 1.29 is 9.59 Å². The number of benzene rings is 1. The summed E-state index contributed by atoms with van der Waals surface area (Å²) in [7, 11) is 0. The zero-order valence-corrected chi connectivity index (χ0v) is 10.4. The number of rotatable bonds is 1. The van der Waals surface area contributed by atoms with E-state index in [1.165, 1.54) is 11.1 Å². The predicted octanol–water partition coefficient (Wildman–Crippen LogP) is 1.94. The Balaban J connectivity index is 1.72. The van der Waals surface area contributed by atoms with E-state index in [0.29, 0.717) is 19.4 Å². The number of hydrogen-bond donors (Lipinski definition) is 0. The minimum Gasteiger partial charge on any atom is -0.338 e. The van der Waals surface area contributed by atoms with E-state index in [9.17, 15) is 9.59 Å². The predicted molar refractivity (Wildman–Crippen MR) is 67.9 cm³/mol. The van der Waals surface area contributed by atoms with Gasteiger partial charge in [0.2, 0.25) is 5.91 Å². The van der Waals surface area contributed by atoms with E-state index in [4.69, 9.17) is 0 Å². The smallest absolute Gasteiger partial charge is 0.226 e. The number of carbonyl (C=O) groups excluding carboxylic acids is 2. The molecule has 1 aliphatic carbocycles. The second-order valence-corrected chi connectivity index (χ2v) is 5.26. The van der Waals surface area contributed by atoms with E-state index < -0.39 is 0 Å². The van der Waals surface area contributed by atoms with Crippen LogP contribution >= 0.6 is 0 Å². The molecule has 2 aliphatic rings. The van der Waals surface area contributed by atoms with E-state index >= 15 is 0 Å². The van der Waals surface area contributed by atoms with Crippen molar-refractivity contribution in [2.75, 3.05) is 6.54 Å². The van der Waals surface area contributed by atoms with Crippen molar-refractivity contribution in [3.63, 3.8) is 0 Å². The van der Waals surface area contributed by atoms with Gasteiger partial charge in [0, 0.05) is 31.8 Å². The Bertz CT molecular complexity index is 495. The Hall–Kier alpha value is -1.64. The summed E-state index contributed by atoms with van der Waals surface area (Å²) in [4.78, 5) is 25.5. The van der Waals surface area contributed by atoms with Crippen molar-refractivity contribution in [3.8, 4) is 0 Å². The molecule has 0 aromatic heterocycles. The minimum absolute atomic E-state index is 0.0530. The SMILES string of the molecule is O=C1CCC(C(=O)N2CCc3ccccc3C2)C1. The minimum atomic E-state index is -0.0530. The van der Waals surface area contributed by atoms with Crippen LogP contribution in [0.1, 0.15) is 30.4 Å². The van der Waals surface area contributed by atoms with E-state index in [0.717, 1.165) is 19.4 Å². The molecule has 0 radical (unpaired) electrons. The van der Waals surface area contributed by atoms with E-state index in [-0.39, 0.29) is 17.6 Å². The van der Waals surface area contributed by atoms with Gasteiger partial charge in [0.05, 0.1) is 0 Å². The molecular weight excluding hydrogens is 226 g/mol. The first kappa shape index (κ1) is 11.5. The van der Waals surface area contributed by atoms with Crippen molar-refractivity contribution in [2.45, 2.75) is 32.2 Å². The summed E-state index contributed by atoms with van der Waals surface area (Å²) in [5, 5.41) is 0. The van der Waals surface area contributed by atoms with Crippen LogP contribution < -0.4 is 0 Å². The molecule has 3 nitrogen and oxygen atoms in total. The summed E-state index contributed by atoms with van der Waals surface area (Å²) in [6.45, 7) is 1.50. The Kier molecular flexibility index (Phi) is 2.90. The average molecular weight is 243 g/mol. The number of carbonyl (C=O) groups is 2. The molecule has 1 aliphatic heterocycles. The number of fused-ring (bicyclic) bond motifs is 1. The lowest BCUT2D eigenvalue weighted by Crippen LogP contribution is -2.39. The molecule has 94 valence electrons. The lowest BCUT2D eigenvalue weighted by Gasteiger charge is -2.30. The zero-order valence-electron chi connectivity index (χ0n) is 10.4. The van der Waals surface area contributed by atoms with Crippen LogP contribution in [0.2, 0.25) is 0 Å². The van der Waals surface area contributed by atoms with E-state index in [1.807, 2.05) is 17.0 Å². The maximum Gasteiger partial charge on any atom is 0.226 e. The third kappa shape index (κ3) is 2.05. The topological polar surface area (TPSA) is 37.4 Å². The van der Waals surface area contributed by atoms with E-state index in [1.54, 1.807) is 0 Å². The molecule has 0 bridgehead atoms. The van der Waals surface area contributed by atoms with Gasteiger partial charge >= 0.3 is 0 Å². The maximum atomic E-state index is 12.3. The fraction of sp³-hybridized carbons (Fsp3) is 0.467. The van der Waals surface area contributed by atoms with Crippen molar-refractivity contribution in [1.82, 2.24) is 4.90 Å². The van der Waals surface area contributed by atoms with Crippen LogP contribution in [-0.4, -0.2) is 23.1 Å². The number of amides is 1. The lowest BCUT2D eigenvalue weighted by atomic mass is 9.98. The van der Waals surface area contributed by atoms with Gasteiger partial charge in [0.15, 0.2) is 0 Å². The molecule has 3 rings (SSSR count). The summed E-state index contributed by atoms with van der Waals surface area (Å²) in [6, 6.07) is 8.29. The largest absolute Gasteiger partial charge is 0.338 e. The van der Waals surface area contributed by atoms with Crippen molar-refractivity contribution in [2.24, 2.45) is 5.92 Å². The molecule has 1 unspecified atom stereocenters. The molecule has 1 heterocycles.